The maximum atomic E-state index is 13.7. The van der Waals surface area contributed by atoms with Gasteiger partial charge in [-0.25, -0.2) is 8.42 Å². The van der Waals surface area contributed by atoms with E-state index in [9.17, 15) is 18.0 Å². The molecule has 9 nitrogen and oxygen atoms in total. The fourth-order valence-electron chi connectivity index (χ4n) is 3.38. The summed E-state index contributed by atoms with van der Waals surface area (Å²) in [6.45, 7) is 3.28. The molecule has 0 saturated heterocycles. The molecular weight excluding hydrogens is 482 g/mol. The Kier molecular flexibility index (Phi) is 8.69. The molecule has 0 saturated carbocycles. The minimum Gasteiger partial charge on any atom is -0.493 e. The highest BCUT2D eigenvalue weighted by Crippen LogP contribution is 2.32. The molecule has 2 amide bonds. The van der Waals surface area contributed by atoms with Gasteiger partial charge in [-0.3, -0.25) is 13.9 Å². The Morgan fingerprint density at radius 3 is 2.28 bits per heavy atom. The van der Waals surface area contributed by atoms with Gasteiger partial charge in [0.25, 0.3) is 15.9 Å². The van der Waals surface area contributed by atoms with E-state index < -0.39 is 28.4 Å². The molecule has 0 radical (unpaired) electrons. The Bertz CT molecular complexity index is 1340. The maximum Gasteiger partial charge on any atom is 0.264 e. The lowest BCUT2D eigenvalue weighted by Crippen LogP contribution is -2.38. The summed E-state index contributed by atoms with van der Waals surface area (Å²) in [4.78, 5) is 25.5. The summed E-state index contributed by atoms with van der Waals surface area (Å²) in [5.74, 6) is -0.433. The van der Waals surface area contributed by atoms with E-state index >= 15 is 0 Å². The number of ether oxygens (including phenoxy) is 2. The summed E-state index contributed by atoms with van der Waals surface area (Å²) in [7, 11) is -1.34. The number of carbonyl (C=O) groups excluding carboxylic acids is 2. The smallest absolute Gasteiger partial charge is 0.264 e. The first-order valence-electron chi connectivity index (χ1n) is 10.9. The number of benzene rings is 3. The van der Waals surface area contributed by atoms with E-state index in [0.29, 0.717) is 11.4 Å². The summed E-state index contributed by atoms with van der Waals surface area (Å²) in [6.07, 6.45) is 1.54. The summed E-state index contributed by atoms with van der Waals surface area (Å²) in [5.41, 5.74) is 0.779. The van der Waals surface area contributed by atoms with Crippen LogP contribution in [-0.4, -0.2) is 47.5 Å². The first-order valence-corrected chi connectivity index (χ1v) is 12.3. The molecule has 3 aromatic carbocycles. The van der Waals surface area contributed by atoms with E-state index in [1.807, 2.05) is 0 Å². The number of hydrogen-bond donors (Lipinski definition) is 2. The van der Waals surface area contributed by atoms with Crippen LogP contribution in [0.5, 0.6) is 11.5 Å². The Morgan fingerprint density at radius 2 is 1.61 bits per heavy atom. The van der Waals surface area contributed by atoms with Crippen molar-refractivity contribution in [2.45, 2.75) is 4.90 Å². The number of hydrogen-bond acceptors (Lipinski definition) is 6. The summed E-state index contributed by atoms with van der Waals surface area (Å²) >= 11 is 0. The average Bonchev–Trinajstić information content (AvgIpc) is 2.90. The minimum atomic E-state index is -4.19. The van der Waals surface area contributed by atoms with Gasteiger partial charge in [-0.2, -0.15) is 0 Å². The molecule has 36 heavy (non-hydrogen) atoms. The SMILES string of the molecule is C=CCNC(=O)c1ccccc1NC(=O)CN(c1ccccc1)S(=O)(=O)c1ccc(OC)c(OC)c1. The van der Waals surface area contributed by atoms with E-state index in [2.05, 4.69) is 17.2 Å². The molecule has 3 rings (SSSR count). The summed E-state index contributed by atoms with van der Waals surface area (Å²) in [6, 6.07) is 18.9. The third kappa shape index (κ3) is 6.02. The molecule has 0 aliphatic heterocycles. The van der Waals surface area contributed by atoms with Crippen molar-refractivity contribution in [3.05, 3.63) is 91.0 Å². The molecule has 0 spiro atoms. The molecule has 0 aliphatic carbocycles. The van der Waals surface area contributed by atoms with Crippen molar-refractivity contribution in [2.24, 2.45) is 0 Å². The Balaban J connectivity index is 1.94. The van der Waals surface area contributed by atoms with Crippen molar-refractivity contribution < 1.29 is 27.5 Å². The van der Waals surface area contributed by atoms with Crippen LogP contribution in [0.4, 0.5) is 11.4 Å². The highest BCUT2D eigenvalue weighted by atomic mass is 32.2. The molecule has 0 heterocycles. The van der Waals surface area contributed by atoms with Crippen LogP contribution in [0.25, 0.3) is 0 Å². The van der Waals surface area contributed by atoms with Crippen molar-refractivity contribution >= 4 is 33.2 Å². The van der Waals surface area contributed by atoms with E-state index in [1.54, 1.807) is 54.6 Å². The number of rotatable bonds is 11. The number of carbonyl (C=O) groups is 2. The first-order chi connectivity index (χ1) is 17.3. The topological polar surface area (TPSA) is 114 Å². The molecule has 2 N–H and O–H groups in total. The number of nitrogens with zero attached hydrogens (tertiary/aromatic N) is 1. The predicted molar refractivity (Wildman–Crippen MR) is 138 cm³/mol. The Hall–Kier alpha value is -4.31. The fourth-order valence-corrected chi connectivity index (χ4v) is 4.82. The molecule has 0 bridgehead atoms. The molecule has 0 atom stereocenters. The number of para-hydroxylation sites is 2. The van der Waals surface area contributed by atoms with Gasteiger partial charge in [0.15, 0.2) is 11.5 Å². The molecule has 0 aromatic heterocycles. The van der Waals surface area contributed by atoms with Crippen molar-refractivity contribution in [3.8, 4) is 11.5 Å². The van der Waals surface area contributed by atoms with E-state index in [4.69, 9.17) is 9.47 Å². The zero-order valence-electron chi connectivity index (χ0n) is 19.9. The average molecular weight is 510 g/mol. The number of nitrogens with one attached hydrogen (secondary N) is 2. The lowest BCUT2D eigenvalue weighted by Gasteiger charge is -2.24. The zero-order chi connectivity index (χ0) is 26.1. The third-order valence-corrected chi connectivity index (χ3v) is 6.90. The van der Waals surface area contributed by atoms with Gasteiger partial charge >= 0.3 is 0 Å². The highest BCUT2D eigenvalue weighted by molar-refractivity contribution is 7.92. The minimum absolute atomic E-state index is 0.0824. The van der Waals surface area contributed by atoms with Crippen molar-refractivity contribution in [2.75, 3.05) is 36.9 Å². The van der Waals surface area contributed by atoms with Gasteiger partial charge in [-0.05, 0) is 36.4 Å². The van der Waals surface area contributed by atoms with Gasteiger partial charge < -0.3 is 20.1 Å². The quantitative estimate of drug-likeness (QED) is 0.383. The molecule has 3 aromatic rings. The monoisotopic (exact) mass is 509 g/mol. The van der Waals surface area contributed by atoms with Gasteiger partial charge in [0.05, 0.1) is 36.1 Å². The van der Waals surface area contributed by atoms with E-state index in [-0.39, 0.29) is 28.4 Å². The largest absolute Gasteiger partial charge is 0.493 e. The van der Waals surface area contributed by atoms with Crippen molar-refractivity contribution in [1.29, 1.82) is 0 Å². The second-order valence-corrected chi connectivity index (χ2v) is 9.32. The van der Waals surface area contributed by atoms with Crippen LogP contribution in [0.1, 0.15) is 10.4 Å². The van der Waals surface area contributed by atoms with E-state index in [1.165, 1.54) is 38.5 Å². The Morgan fingerprint density at radius 1 is 0.944 bits per heavy atom. The number of methoxy groups -OCH3 is 2. The van der Waals surface area contributed by atoms with Gasteiger partial charge in [0.1, 0.15) is 6.54 Å². The van der Waals surface area contributed by atoms with Crippen molar-refractivity contribution in [1.82, 2.24) is 5.32 Å². The standard InChI is InChI=1S/C26H27N3O6S/c1-4-16-27-26(31)21-12-8-9-13-22(21)28-25(30)18-29(19-10-6-5-7-11-19)36(32,33)20-14-15-23(34-2)24(17-20)35-3/h4-15,17H,1,16,18H2,2-3H3,(H,27,31)(H,28,30). The van der Waals surface area contributed by atoms with Gasteiger partial charge in [0, 0.05) is 12.6 Å². The lowest BCUT2D eigenvalue weighted by atomic mass is 10.1. The number of anilines is 2. The second-order valence-electron chi connectivity index (χ2n) is 7.46. The third-order valence-electron chi connectivity index (χ3n) is 5.13. The van der Waals surface area contributed by atoms with E-state index in [0.717, 1.165) is 4.31 Å². The van der Waals surface area contributed by atoms with Crippen LogP contribution in [0.2, 0.25) is 0 Å². The summed E-state index contributed by atoms with van der Waals surface area (Å²) < 4.78 is 38.8. The van der Waals surface area contributed by atoms with Gasteiger partial charge in [-0.1, -0.05) is 36.4 Å². The molecule has 0 unspecified atom stereocenters. The molecule has 188 valence electrons. The van der Waals surface area contributed by atoms with Crippen LogP contribution >= 0.6 is 0 Å². The maximum absolute atomic E-state index is 13.7. The zero-order valence-corrected chi connectivity index (χ0v) is 20.7. The van der Waals surface area contributed by atoms with Crippen LogP contribution in [0.15, 0.2) is 90.3 Å². The first kappa shape index (κ1) is 26.3. The van der Waals surface area contributed by atoms with Crippen molar-refractivity contribution in [3.63, 3.8) is 0 Å². The van der Waals surface area contributed by atoms with Crippen LogP contribution < -0.4 is 24.4 Å². The normalized spacial score (nSPS) is 10.7. The second kappa shape index (κ2) is 11.9. The molecule has 0 fully saturated rings. The number of amides is 2. The molecule has 10 heteroatoms. The fraction of sp³-hybridized carbons (Fsp3) is 0.154. The molecule has 0 aliphatic rings. The number of sulfonamides is 1. The highest BCUT2D eigenvalue weighted by Gasteiger charge is 2.28. The van der Waals surface area contributed by atoms with Gasteiger partial charge in [0.2, 0.25) is 5.91 Å². The van der Waals surface area contributed by atoms with Gasteiger partial charge in [-0.15, -0.1) is 6.58 Å². The lowest BCUT2D eigenvalue weighted by molar-refractivity contribution is -0.114. The van der Waals surface area contributed by atoms with Crippen LogP contribution in [0.3, 0.4) is 0 Å². The van der Waals surface area contributed by atoms with Crippen LogP contribution in [-0.2, 0) is 14.8 Å². The summed E-state index contributed by atoms with van der Waals surface area (Å²) in [5, 5.41) is 5.31. The predicted octanol–water partition coefficient (Wildman–Crippen LogP) is 3.45. The molecular formula is C26H27N3O6S. The Labute approximate surface area is 210 Å². The van der Waals surface area contributed by atoms with Crippen LogP contribution in [0, 0.1) is 0 Å².